The van der Waals surface area contributed by atoms with Crippen LogP contribution in [0.2, 0.25) is 0 Å². The van der Waals surface area contributed by atoms with Gasteiger partial charge in [-0.1, -0.05) is 376 Å². The SMILES string of the molecule is c1ccc(-c2cc(-n3c4ccccc4c4cc(-c5cnc6c(c5)c5ccccc5n6-c5ccccc5)ccc43)nc(-c3ccccc3)n2)cc1.c1ccc(-c2ccc(-n3c4ccccc4c4cc(-c5ccc6c(c5)c5ccccc5n6-c5cccc(-c6ccccc6)c5)cnc43)cc2)cc1.c1ccc(-c2cccc(-n3c4ccccc4c4cc(-c5cnc6c(c5)c5ccccc5n6-c5cccc(-c6ccccc6)c5)ccc43)c2)cc1. The van der Waals surface area contributed by atoms with Gasteiger partial charge in [0, 0.05) is 146 Å². The molecule has 0 bridgehead atoms. The summed E-state index contributed by atoms with van der Waals surface area (Å²) in [5.41, 5.74) is 38.1. The molecule has 702 valence electrons. The normalized spacial score (nSPS) is 11.6. The van der Waals surface area contributed by atoms with Crippen molar-refractivity contribution in [3.8, 4) is 135 Å². The topological polar surface area (TPSA) is 94.0 Å². The molecule has 0 amide bonds. The van der Waals surface area contributed by atoms with Crippen LogP contribution in [0.5, 0.6) is 0 Å². The largest absolute Gasteiger partial charge is 0.309 e. The molecule has 0 aliphatic heterocycles. The summed E-state index contributed by atoms with van der Waals surface area (Å²) in [6.07, 6.45) is 6.06. The maximum Gasteiger partial charge on any atom is 0.162 e. The van der Waals surface area contributed by atoms with Gasteiger partial charge in [-0.15, -0.1) is 0 Å². The minimum atomic E-state index is 0.693. The first-order valence-electron chi connectivity index (χ1n) is 50.9. The monoisotopic (exact) mass is 1910 g/mol. The van der Waals surface area contributed by atoms with Gasteiger partial charge in [0.1, 0.15) is 22.8 Å². The van der Waals surface area contributed by atoms with Gasteiger partial charge in [0.05, 0.1) is 55.3 Å². The van der Waals surface area contributed by atoms with E-state index in [2.05, 4.69) is 519 Å². The zero-order valence-electron chi connectivity index (χ0n) is 81.5. The molecule has 0 unspecified atom stereocenters. The third-order valence-electron chi connectivity index (χ3n) is 29.5. The molecular formula is C139H91N11. The maximum atomic E-state index is 5.18. The first-order valence-corrected chi connectivity index (χ1v) is 50.9. The highest BCUT2D eigenvalue weighted by molar-refractivity contribution is 6.17. The zero-order chi connectivity index (χ0) is 99.1. The molecule has 0 N–H and O–H groups in total. The molecule has 0 radical (unpaired) electrons. The number of fused-ring (bicyclic) bond motifs is 18. The molecule has 0 aliphatic rings. The van der Waals surface area contributed by atoms with E-state index in [0.717, 1.165) is 151 Å². The van der Waals surface area contributed by atoms with E-state index in [0.29, 0.717) is 5.82 Å². The molecule has 150 heavy (non-hydrogen) atoms. The van der Waals surface area contributed by atoms with Gasteiger partial charge in [-0.2, -0.15) is 0 Å². The van der Waals surface area contributed by atoms with Crippen molar-refractivity contribution in [3.63, 3.8) is 0 Å². The van der Waals surface area contributed by atoms with E-state index >= 15 is 0 Å². The molecule has 11 heteroatoms. The van der Waals surface area contributed by atoms with Crippen molar-refractivity contribution in [2.24, 2.45) is 0 Å². The first kappa shape index (κ1) is 87.5. The average molecular weight is 1920 g/mol. The van der Waals surface area contributed by atoms with Crippen LogP contribution >= 0.6 is 0 Å². The fraction of sp³-hybridized carbons (Fsp3) is 0. The Bertz CT molecular complexity index is 10200. The van der Waals surface area contributed by atoms with Gasteiger partial charge < -0.3 is 9.13 Å². The third-order valence-corrected chi connectivity index (χ3v) is 29.5. The van der Waals surface area contributed by atoms with E-state index in [1.54, 1.807) is 0 Å². The molecule has 0 aliphatic carbocycles. The Kier molecular flexibility index (Phi) is 21.7. The molecule has 10 aromatic heterocycles. The van der Waals surface area contributed by atoms with Crippen LogP contribution in [0.1, 0.15) is 0 Å². The first-order chi connectivity index (χ1) is 74.4. The van der Waals surface area contributed by atoms with Crippen LogP contribution in [0.4, 0.5) is 0 Å². The number of rotatable bonds is 15. The van der Waals surface area contributed by atoms with Crippen molar-refractivity contribution >= 4 is 131 Å². The lowest BCUT2D eigenvalue weighted by Crippen LogP contribution is -2.02. The Morgan fingerprint density at radius 2 is 0.360 bits per heavy atom. The fourth-order valence-corrected chi connectivity index (χ4v) is 22.4. The number of para-hydroxylation sites is 7. The van der Waals surface area contributed by atoms with E-state index < -0.39 is 0 Å². The number of benzene rings is 20. The molecule has 0 atom stereocenters. The number of nitrogens with zero attached hydrogens (tertiary/aromatic N) is 11. The van der Waals surface area contributed by atoms with Crippen LogP contribution in [0.3, 0.4) is 0 Å². The molecule has 20 aromatic carbocycles. The van der Waals surface area contributed by atoms with Crippen molar-refractivity contribution in [3.05, 3.63) is 552 Å². The number of aromatic nitrogens is 11. The number of hydrogen-bond acceptors (Lipinski definition) is 5. The summed E-state index contributed by atoms with van der Waals surface area (Å²) in [7, 11) is 0. The Labute approximate surface area is 864 Å². The van der Waals surface area contributed by atoms with Gasteiger partial charge >= 0.3 is 0 Å². The van der Waals surface area contributed by atoms with Crippen molar-refractivity contribution < 1.29 is 0 Å². The smallest absolute Gasteiger partial charge is 0.162 e. The summed E-state index contributed by atoms with van der Waals surface area (Å²) in [4.78, 5) is 25.6. The summed E-state index contributed by atoms with van der Waals surface area (Å²) < 4.78 is 13.9. The summed E-state index contributed by atoms with van der Waals surface area (Å²) in [5.74, 6) is 1.52. The molecule has 11 nitrogen and oxygen atoms in total. The highest BCUT2D eigenvalue weighted by atomic mass is 15.1. The maximum absolute atomic E-state index is 5.18. The lowest BCUT2D eigenvalue weighted by molar-refractivity contribution is 1.05. The van der Waals surface area contributed by atoms with Crippen molar-refractivity contribution in [2.75, 3.05) is 0 Å². The molecule has 0 saturated carbocycles. The zero-order valence-corrected chi connectivity index (χ0v) is 81.5. The molecular weight excluding hydrogens is 1820 g/mol. The standard InChI is InChI=1S/2C47H31N3.C45H29N5/c1-3-13-32(14-4-1)34-17-11-19-38(27-34)49-44-23-9-7-21-40(44)42-29-36(25-26-46(42)49)37-30-43-41-22-8-10-24-45(41)50(47(43)48-31-37)39-20-12-18-35(28-39)33-15-5-2-6-16-33;1-3-12-32(13-4-1)34-22-25-38(26-23-34)50-45-21-10-8-19-41(45)43-30-37(31-48-47(43)50)36-24-27-46-42(29-36)40-18-7-9-20-44(40)49(46)39-17-11-16-35(28-39)33-14-5-2-6-15-33;1-4-14-30(15-5-1)39-28-43(48-44(47-39)31-16-6-2-7-17-31)50-41-23-13-10-20-35(41)37-26-32(24-25-42(37)50)33-27-38-36-21-11-12-22-40(36)49(45(38)46-29-33)34-18-8-3-9-19-34/h2*1-31H;1-29H. The van der Waals surface area contributed by atoms with Crippen LogP contribution < -0.4 is 0 Å². The summed E-state index contributed by atoms with van der Waals surface area (Å²) in [5, 5.41) is 14.2. The Morgan fingerprint density at radius 1 is 0.127 bits per heavy atom. The minimum Gasteiger partial charge on any atom is -0.309 e. The summed E-state index contributed by atoms with van der Waals surface area (Å²) in [6.45, 7) is 0. The summed E-state index contributed by atoms with van der Waals surface area (Å²) >= 11 is 0. The minimum absolute atomic E-state index is 0.693. The second-order valence-electron chi connectivity index (χ2n) is 38.3. The molecule has 0 spiro atoms. The van der Waals surface area contributed by atoms with Crippen LogP contribution in [-0.4, -0.2) is 52.3 Å². The summed E-state index contributed by atoms with van der Waals surface area (Å²) in [6, 6.07) is 190. The van der Waals surface area contributed by atoms with Gasteiger partial charge in [0.15, 0.2) is 5.82 Å². The van der Waals surface area contributed by atoms with E-state index in [4.69, 9.17) is 24.9 Å². The lowest BCUT2D eigenvalue weighted by Gasteiger charge is -2.12. The lowest BCUT2D eigenvalue weighted by atomic mass is 10.0. The van der Waals surface area contributed by atoms with Crippen molar-refractivity contribution in [1.82, 2.24) is 52.3 Å². The molecule has 30 rings (SSSR count). The van der Waals surface area contributed by atoms with Gasteiger partial charge in [-0.05, 0) is 213 Å². The average Bonchev–Trinajstić information content (AvgIpc) is 1.58. The Balaban J connectivity index is 0.000000108. The quantitative estimate of drug-likeness (QED) is 0.102. The van der Waals surface area contributed by atoms with E-state index in [-0.39, 0.29) is 0 Å². The van der Waals surface area contributed by atoms with Crippen molar-refractivity contribution in [2.45, 2.75) is 0 Å². The van der Waals surface area contributed by atoms with E-state index in [9.17, 15) is 0 Å². The van der Waals surface area contributed by atoms with Crippen LogP contribution in [0.25, 0.3) is 266 Å². The van der Waals surface area contributed by atoms with Crippen LogP contribution in [0.15, 0.2) is 552 Å². The second kappa shape index (κ2) is 37.2. The number of pyridine rings is 3. The highest BCUT2D eigenvalue weighted by Gasteiger charge is 2.25. The molecule has 0 saturated heterocycles. The molecule has 30 aromatic rings. The van der Waals surface area contributed by atoms with Crippen molar-refractivity contribution in [1.29, 1.82) is 0 Å². The van der Waals surface area contributed by atoms with E-state index in [1.807, 2.05) is 61.1 Å². The molecule has 0 fully saturated rings. The third kappa shape index (κ3) is 15.5. The van der Waals surface area contributed by atoms with Gasteiger partial charge in [0.2, 0.25) is 0 Å². The Morgan fingerprint density at radius 3 is 0.727 bits per heavy atom. The molecule has 10 heterocycles. The fourth-order valence-electron chi connectivity index (χ4n) is 22.4. The number of hydrogen-bond donors (Lipinski definition) is 0. The van der Waals surface area contributed by atoms with E-state index in [1.165, 1.54) is 110 Å². The van der Waals surface area contributed by atoms with Crippen LogP contribution in [-0.2, 0) is 0 Å². The van der Waals surface area contributed by atoms with Gasteiger partial charge in [-0.3, -0.25) is 18.3 Å². The second-order valence-corrected chi connectivity index (χ2v) is 38.3. The predicted octanol–water partition coefficient (Wildman–Crippen LogP) is 35.6. The van der Waals surface area contributed by atoms with Gasteiger partial charge in [-0.25, -0.2) is 24.9 Å². The highest BCUT2D eigenvalue weighted by Crippen LogP contribution is 2.46. The predicted molar refractivity (Wildman–Crippen MR) is 623 cm³/mol. The van der Waals surface area contributed by atoms with Crippen LogP contribution in [0, 0.1) is 0 Å². The Hall–Kier alpha value is -20.3. The van der Waals surface area contributed by atoms with Gasteiger partial charge in [0.25, 0.3) is 0 Å².